The highest BCUT2D eigenvalue weighted by molar-refractivity contribution is 6.51. The van der Waals surface area contributed by atoms with Crippen LogP contribution in [0.5, 0.6) is 5.75 Å². The van der Waals surface area contributed by atoms with E-state index in [0.717, 1.165) is 18.8 Å². The van der Waals surface area contributed by atoms with Gasteiger partial charge in [0.2, 0.25) is 0 Å². The number of benzene rings is 3. The summed E-state index contributed by atoms with van der Waals surface area (Å²) >= 11 is 6.13. The number of ketones is 1. The normalized spacial score (nSPS) is 17.0. The van der Waals surface area contributed by atoms with Crippen LogP contribution in [0.3, 0.4) is 0 Å². The molecule has 0 aliphatic carbocycles. The van der Waals surface area contributed by atoms with Crippen LogP contribution >= 0.6 is 11.6 Å². The summed E-state index contributed by atoms with van der Waals surface area (Å²) in [6.07, 6.45) is 0. The van der Waals surface area contributed by atoms with Crippen molar-refractivity contribution in [2.75, 3.05) is 30.0 Å². The number of hydrogen-bond acceptors (Lipinski definition) is 5. The van der Waals surface area contributed by atoms with E-state index in [1.165, 1.54) is 4.90 Å². The second kappa shape index (κ2) is 10.2. The Kier molecular flexibility index (Phi) is 7.12. The fraction of sp³-hybridized carbons (Fsp3) is 0.214. The zero-order valence-electron chi connectivity index (χ0n) is 19.9. The van der Waals surface area contributed by atoms with Gasteiger partial charge < -0.3 is 14.7 Å². The summed E-state index contributed by atoms with van der Waals surface area (Å²) < 4.78 is 5.24. The third-order valence-electron chi connectivity index (χ3n) is 6.23. The number of ether oxygens (including phenoxy) is 1. The van der Waals surface area contributed by atoms with Crippen LogP contribution in [0.1, 0.15) is 31.0 Å². The predicted octanol–water partition coefficient (Wildman–Crippen LogP) is 5.82. The topological polar surface area (TPSA) is 70.1 Å². The second-order valence-corrected chi connectivity index (χ2v) is 8.58. The lowest BCUT2D eigenvalue weighted by Gasteiger charge is -2.27. The van der Waals surface area contributed by atoms with Crippen molar-refractivity contribution in [2.45, 2.75) is 19.9 Å². The molecule has 1 N–H and O–H groups in total. The highest BCUT2D eigenvalue weighted by Crippen LogP contribution is 2.43. The Bertz CT molecular complexity index is 1260. The van der Waals surface area contributed by atoms with Gasteiger partial charge in [-0.25, -0.2) is 0 Å². The van der Waals surface area contributed by atoms with Gasteiger partial charge in [0.1, 0.15) is 11.5 Å². The van der Waals surface area contributed by atoms with Gasteiger partial charge in [-0.05, 0) is 67.9 Å². The summed E-state index contributed by atoms with van der Waals surface area (Å²) in [6.45, 7) is 5.88. The van der Waals surface area contributed by atoms with E-state index in [4.69, 9.17) is 16.3 Å². The Morgan fingerprint density at radius 1 is 1.00 bits per heavy atom. The molecule has 0 radical (unpaired) electrons. The van der Waals surface area contributed by atoms with E-state index >= 15 is 0 Å². The molecule has 1 aliphatic rings. The minimum absolute atomic E-state index is 0.0173. The quantitative estimate of drug-likeness (QED) is 0.257. The number of rotatable bonds is 7. The van der Waals surface area contributed by atoms with Crippen molar-refractivity contribution in [3.63, 3.8) is 0 Å². The van der Waals surface area contributed by atoms with E-state index in [2.05, 4.69) is 18.7 Å². The Balaban J connectivity index is 1.89. The number of amides is 1. The molecule has 0 saturated carbocycles. The number of hydrogen-bond donors (Lipinski definition) is 1. The fourth-order valence-corrected chi connectivity index (χ4v) is 4.59. The third kappa shape index (κ3) is 4.62. The summed E-state index contributed by atoms with van der Waals surface area (Å²) in [5, 5.41) is 11.6. The average Bonchev–Trinajstić information content (AvgIpc) is 3.15. The van der Waals surface area contributed by atoms with Crippen molar-refractivity contribution in [1.29, 1.82) is 0 Å². The third-order valence-corrected chi connectivity index (χ3v) is 6.47. The number of anilines is 2. The van der Waals surface area contributed by atoms with Crippen LogP contribution in [-0.2, 0) is 9.59 Å². The van der Waals surface area contributed by atoms with Gasteiger partial charge in [-0.2, -0.15) is 0 Å². The lowest BCUT2D eigenvalue weighted by Crippen LogP contribution is -2.29. The molecule has 35 heavy (non-hydrogen) atoms. The monoisotopic (exact) mass is 490 g/mol. The van der Waals surface area contributed by atoms with E-state index in [-0.39, 0.29) is 11.3 Å². The van der Waals surface area contributed by atoms with E-state index in [9.17, 15) is 14.7 Å². The maximum Gasteiger partial charge on any atom is 0.300 e. The van der Waals surface area contributed by atoms with Crippen molar-refractivity contribution in [3.8, 4) is 5.75 Å². The zero-order valence-corrected chi connectivity index (χ0v) is 20.6. The molecule has 1 unspecified atom stereocenters. The molecule has 1 saturated heterocycles. The minimum atomic E-state index is -0.812. The first-order valence-corrected chi connectivity index (χ1v) is 11.8. The van der Waals surface area contributed by atoms with Crippen molar-refractivity contribution >= 4 is 40.4 Å². The van der Waals surface area contributed by atoms with Crippen molar-refractivity contribution in [1.82, 2.24) is 0 Å². The summed E-state index contributed by atoms with van der Waals surface area (Å²) in [4.78, 5) is 30.2. The first-order valence-electron chi connectivity index (χ1n) is 11.5. The highest BCUT2D eigenvalue weighted by atomic mass is 35.5. The van der Waals surface area contributed by atoms with E-state index < -0.39 is 17.7 Å². The number of nitrogens with zero attached hydrogens (tertiary/aromatic N) is 2. The Labute approximate surface area is 210 Å². The van der Waals surface area contributed by atoms with Gasteiger partial charge >= 0.3 is 0 Å². The van der Waals surface area contributed by atoms with E-state index in [0.29, 0.717) is 27.6 Å². The lowest BCUT2D eigenvalue weighted by atomic mass is 9.95. The van der Waals surface area contributed by atoms with Crippen LogP contribution in [0.2, 0.25) is 5.02 Å². The van der Waals surface area contributed by atoms with Crippen molar-refractivity contribution in [3.05, 3.63) is 94.5 Å². The second-order valence-electron chi connectivity index (χ2n) is 8.14. The maximum atomic E-state index is 13.3. The summed E-state index contributed by atoms with van der Waals surface area (Å²) in [5.41, 5.74) is 2.66. The molecule has 1 heterocycles. The maximum absolute atomic E-state index is 13.3. The Hall–Kier alpha value is -3.77. The molecule has 1 amide bonds. The number of Topliss-reactive ketones (excluding diaryl/α,β-unsaturated/α-hetero) is 1. The zero-order chi connectivity index (χ0) is 25.1. The largest absolute Gasteiger partial charge is 0.507 e. The number of carbonyl (C=O) groups is 2. The first kappa shape index (κ1) is 24.4. The van der Waals surface area contributed by atoms with E-state index in [1.54, 1.807) is 55.6 Å². The predicted molar refractivity (Wildman–Crippen MR) is 139 cm³/mol. The number of aliphatic hydroxyl groups excluding tert-OH is 1. The summed E-state index contributed by atoms with van der Waals surface area (Å²) in [7, 11) is 1.56. The van der Waals surface area contributed by atoms with Gasteiger partial charge in [0.25, 0.3) is 11.7 Å². The lowest BCUT2D eigenvalue weighted by molar-refractivity contribution is -0.132. The molecule has 7 heteroatoms. The molecule has 1 aliphatic heterocycles. The number of aliphatic hydroxyl groups is 1. The molecule has 6 nitrogen and oxygen atoms in total. The molecule has 3 aromatic carbocycles. The minimum Gasteiger partial charge on any atom is -0.507 e. The van der Waals surface area contributed by atoms with Crippen LogP contribution in [0.15, 0.2) is 78.4 Å². The van der Waals surface area contributed by atoms with Gasteiger partial charge in [-0.15, -0.1) is 0 Å². The Morgan fingerprint density at radius 3 is 2.23 bits per heavy atom. The Morgan fingerprint density at radius 2 is 1.66 bits per heavy atom. The molecule has 4 rings (SSSR count). The van der Waals surface area contributed by atoms with Gasteiger partial charge in [0.05, 0.1) is 18.7 Å². The molecule has 0 spiro atoms. The fourth-order valence-electron chi connectivity index (χ4n) is 4.40. The van der Waals surface area contributed by atoms with Crippen LogP contribution < -0.4 is 14.5 Å². The van der Waals surface area contributed by atoms with Crippen LogP contribution in [0.4, 0.5) is 11.4 Å². The first-order chi connectivity index (χ1) is 16.9. The van der Waals surface area contributed by atoms with Crippen LogP contribution in [-0.4, -0.2) is 37.0 Å². The van der Waals surface area contributed by atoms with Gasteiger partial charge in [0.15, 0.2) is 0 Å². The number of halogens is 1. The van der Waals surface area contributed by atoms with Gasteiger partial charge in [0, 0.05) is 35.1 Å². The smallest absolute Gasteiger partial charge is 0.300 e. The molecule has 0 aromatic heterocycles. The standard InChI is InChI=1S/C28H27ClN2O4/c1-4-30(5-2)21-11-9-18(10-12-21)25-24(26(32)19-7-6-8-20(29)17-19)27(33)28(34)31(25)22-13-15-23(35-3)16-14-22/h6-17,25,32H,4-5H2,1-3H3/b26-24-. The average molecular weight is 491 g/mol. The molecule has 1 fully saturated rings. The van der Waals surface area contributed by atoms with Crippen molar-refractivity contribution < 1.29 is 19.4 Å². The molecule has 3 aromatic rings. The highest BCUT2D eigenvalue weighted by Gasteiger charge is 2.47. The summed E-state index contributed by atoms with van der Waals surface area (Å²) in [6, 6.07) is 20.4. The van der Waals surface area contributed by atoms with Crippen LogP contribution in [0, 0.1) is 0 Å². The molecule has 1 atom stereocenters. The molecule has 0 bridgehead atoms. The van der Waals surface area contributed by atoms with Gasteiger partial charge in [-0.1, -0.05) is 35.9 Å². The molecular formula is C28H27ClN2O4. The molecular weight excluding hydrogens is 464 g/mol. The van der Waals surface area contributed by atoms with Crippen molar-refractivity contribution in [2.24, 2.45) is 0 Å². The SMILES string of the molecule is CCN(CC)c1ccc(C2/C(=C(/O)c3cccc(Cl)c3)C(=O)C(=O)N2c2ccc(OC)cc2)cc1. The number of carbonyl (C=O) groups excluding carboxylic acids is 2. The summed E-state index contributed by atoms with van der Waals surface area (Å²) in [5.74, 6) is -1.10. The number of methoxy groups -OCH3 is 1. The molecule has 180 valence electrons. The van der Waals surface area contributed by atoms with Crippen LogP contribution in [0.25, 0.3) is 5.76 Å². The van der Waals surface area contributed by atoms with Gasteiger partial charge in [-0.3, -0.25) is 14.5 Å². The van der Waals surface area contributed by atoms with E-state index in [1.807, 2.05) is 24.3 Å².